The fraction of sp³-hybridized carbons (Fsp3) is 0.500. The van der Waals surface area contributed by atoms with E-state index in [-0.39, 0.29) is 24.3 Å². The molecule has 0 bridgehead atoms. The summed E-state index contributed by atoms with van der Waals surface area (Å²) >= 11 is 0. The maximum atomic E-state index is 12.7. The van der Waals surface area contributed by atoms with E-state index in [0.717, 1.165) is 11.1 Å². The lowest BCUT2D eigenvalue weighted by molar-refractivity contribution is -0.166. The molecular weight excluding hydrogens is 430 g/mol. The molecule has 6 heteroatoms. The molecule has 0 saturated carbocycles. The zero-order valence-corrected chi connectivity index (χ0v) is 21.4. The van der Waals surface area contributed by atoms with Crippen molar-refractivity contribution in [2.45, 2.75) is 71.9 Å². The monoisotopic (exact) mass is 469 g/mol. The highest BCUT2D eigenvalue weighted by Crippen LogP contribution is 2.25. The predicted octanol–water partition coefficient (Wildman–Crippen LogP) is 5.22. The molecule has 0 spiro atoms. The minimum absolute atomic E-state index is 0.0553. The van der Waals surface area contributed by atoms with Crippen LogP contribution in [-0.2, 0) is 32.7 Å². The molecule has 0 saturated heterocycles. The Bertz CT molecular complexity index is 931. The fourth-order valence-electron chi connectivity index (χ4n) is 3.82. The smallest absolute Gasteiger partial charge is 0.336 e. The highest BCUT2D eigenvalue weighted by molar-refractivity contribution is 5.78. The molecule has 2 aromatic rings. The number of nitrogens with zero attached hydrogens (tertiary/aromatic N) is 1. The molecule has 0 fully saturated rings. The minimum Gasteiger partial charge on any atom is -0.484 e. The average Bonchev–Trinajstić information content (AvgIpc) is 2.81. The Morgan fingerprint density at radius 1 is 0.912 bits per heavy atom. The van der Waals surface area contributed by atoms with Crippen molar-refractivity contribution in [1.82, 2.24) is 4.90 Å². The zero-order chi connectivity index (χ0) is 25.4. The van der Waals surface area contributed by atoms with Gasteiger partial charge in [-0.3, -0.25) is 4.79 Å². The maximum Gasteiger partial charge on any atom is 0.336 e. The van der Waals surface area contributed by atoms with E-state index in [2.05, 4.69) is 45.0 Å². The third kappa shape index (κ3) is 7.32. The molecule has 1 N–H and O–H groups in total. The van der Waals surface area contributed by atoms with Gasteiger partial charge in [0.05, 0.1) is 0 Å². The highest BCUT2D eigenvalue weighted by Gasteiger charge is 2.37. The number of carboxylic acids is 1. The van der Waals surface area contributed by atoms with Crippen LogP contribution in [0.15, 0.2) is 48.5 Å². The second-order valence-corrected chi connectivity index (χ2v) is 9.55. The summed E-state index contributed by atoms with van der Waals surface area (Å²) in [5.74, 6) is -0.481. The first-order valence-corrected chi connectivity index (χ1v) is 12.0. The van der Waals surface area contributed by atoms with Crippen LogP contribution in [0, 0.1) is 0 Å². The van der Waals surface area contributed by atoms with Gasteiger partial charge in [0.25, 0.3) is 5.91 Å². The van der Waals surface area contributed by atoms with E-state index < -0.39 is 11.6 Å². The van der Waals surface area contributed by atoms with Crippen molar-refractivity contribution in [1.29, 1.82) is 0 Å². The van der Waals surface area contributed by atoms with Crippen molar-refractivity contribution in [3.63, 3.8) is 0 Å². The Hall–Kier alpha value is -2.86. The van der Waals surface area contributed by atoms with Gasteiger partial charge in [-0.25, -0.2) is 4.79 Å². The van der Waals surface area contributed by atoms with Crippen molar-refractivity contribution in [2.24, 2.45) is 0 Å². The molecule has 2 rings (SSSR count). The van der Waals surface area contributed by atoms with Crippen LogP contribution < -0.4 is 4.74 Å². The van der Waals surface area contributed by atoms with Gasteiger partial charge in [0.15, 0.2) is 12.2 Å². The lowest BCUT2D eigenvalue weighted by Crippen LogP contribution is -2.43. The van der Waals surface area contributed by atoms with Crippen LogP contribution in [0.5, 0.6) is 5.75 Å². The van der Waals surface area contributed by atoms with Crippen LogP contribution in [0.4, 0.5) is 0 Å². The SMILES string of the molecule is CCO[C@@](CC)(Cc1ccc(OCC(=O)N(CC)Cc2ccc(C(C)(C)C)cc2)cc1)C(=O)O. The number of aliphatic carboxylic acids is 1. The molecule has 34 heavy (non-hydrogen) atoms. The molecule has 1 amide bonds. The maximum absolute atomic E-state index is 12.7. The standard InChI is InChI=1S/C28H39NO5/c1-7-28(26(31)32,34-9-3)18-21-12-16-24(17-13-21)33-20-25(30)29(8-2)19-22-10-14-23(15-11-22)27(4,5)6/h10-17H,7-9,18-20H2,1-6H3,(H,31,32)/t28-/m0/s1. The van der Waals surface area contributed by atoms with Gasteiger partial charge in [-0.1, -0.05) is 64.1 Å². The molecule has 186 valence electrons. The molecule has 0 aliphatic carbocycles. The number of likely N-dealkylation sites (N-methyl/N-ethyl adjacent to an activating group) is 1. The van der Waals surface area contributed by atoms with Gasteiger partial charge in [0.2, 0.25) is 0 Å². The Labute approximate surface area is 203 Å². The molecule has 6 nitrogen and oxygen atoms in total. The van der Waals surface area contributed by atoms with Gasteiger partial charge >= 0.3 is 5.97 Å². The zero-order valence-electron chi connectivity index (χ0n) is 21.4. The first-order chi connectivity index (χ1) is 16.0. The summed E-state index contributed by atoms with van der Waals surface area (Å²) in [4.78, 5) is 26.3. The van der Waals surface area contributed by atoms with E-state index >= 15 is 0 Å². The number of carbonyl (C=O) groups is 2. The normalized spacial score (nSPS) is 13.2. The van der Waals surface area contributed by atoms with Gasteiger partial charge in [-0.2, -0.15) is 0 Å². The van der Waals surface area contributed by atoms with Crippen molar-refractivity contribution in [2.75, 3.05) is 19.8 Å². The third-order valence-corrected chi connectivity index (χ3v) is 6.08. The van der Waals surface area contributed by atoms with E-state index in [4.69, 9.17) is 9.47 Å². The number of ether oxygens (including phenoxy) is 2. The van der Waals surface area contributed by atoms with Crippen molar-refractivity contribution < 1.29 is 24.2 Å². The van der Waals surface area contributed by atoms with E-state index in [9.17, 15) is 14.7 Å². The first kappa shape index (κ1) is 27.4. The van der Waals surface area contributed by atoms with E-state index in [1.54, 1.807) is 24.0 Å². The molecule has 0 aliphatic rings. The van der Waals surface area contributed by atoms with Crippen LogP contribution in [-0.4, -0.2) is 47.2 Å². The summed E-state index contributed by atoms with van der Waals surface area (Å²) in [5, 5.41) is 9.65. The van der Waals surface area contributed by atoms with Crippen molar-refractivity contribution in [3.05, 3.63) is 65.2 Å². The van der Waals surface area contributed by atoms with Gasteiger partial charge in [0.1, 0.15) is 5.75 Å². The third-order valence-electron chi connectivity index (χ3n) is 6.08. The molecule has 0 unspecified atom stereocenters. The Kier molecular flexibility index (Phi) is 9.68. The quantitative estimate of drug-likeness (QED) is 0.461. The number of carboxylic acid groups (broad SMARTS) is 1. The summed E-state index contributed by atoms with van der Waals surface area (Å²) in [6.07, 6.45) is 0.637. The number of carbonyl (C=O) groups excluding carboxylic acids is 1. The fourth-order valence-corrected chi connectivity index (χ4v) is 3.82. The molecular formula is C28H39NO5. The van der Waals surface area contributed by atoms with E-state index in [1.807, 2.05) is 26.0 Å². The van der Waals surface area contributed by atoms with Gasteiger partial charge in [-0.15, -0.1) is 0 Å². The lowest BCUT2D eigenvalue weighted by Gasteiger charge is -2.28. The summed E-state index contributed by atoms with van der Waals surface area (Å²) in [7, 11) is 0. The molecule has 2 aromatic carbocycles. The number of hydrogen-bond acceptors (Lipinski definition) is 4. The summed E-state index contributed by atoms with van der Waals surface area (Å²) in [5.41, 5.74) is 2.04. The lowest BCUT2D eigenvalue weighted by atomic mass is 9.87. The van der Waals surface area contributed by atoms with Crippen LogP contribution in [0.25, 0.3) is 0 Å². The molecule has 0 heterocycles. The summed E-state index contributed by atoms with van der Waals surface area (Å²) in [6, 6.07) is 15.6. The van der Waals surface area contributed by atoms with Gasteiger partial charge < -0.3 is 19.5 Å². The number of hydrogen-bond donors (Lipinski definition) is 1. The first-order valence-electron chi connectivity index (χ1n) is 12.0. The molecule has 0 radical (unpaired) electrons. The Morgan fingerprint density at radius 2 is 1.50 bits per heavy atom. The number of benzene rings is 2. The number of rotatable bonds is 12. The molecule has 0 aliphatic heterocycles. The summed E-state index contributed by atoms with van der Waals surface area (Å²) in [6.45, 7) is 13.5. The second kappa shape index (κ2) is 12.0. The Morgan fingerprint density at radius 3 is 1.97 bits per heavy atom. The summed E-state index contributed by atoms with van der Waals surface area (Å²) < 4.78 is 11.3. The largest absolute Gasteiger partial charge is 0.484 e. The van der Waals surface area contributed by atoms with E-state index in [0.29, 0.717) is 31.9 Å². The predicted molar refractivity (Wildman–Crippen MR) is 134 cm³/mol. The molecule has 1 atom stereocenters. The minimum atomic E-state index is -1.24. The number of amides is 1. The van der Waals surface area contributed by atoms with Crippen LogP contribution in [0.1, 0.15) is 64.7 Å². The van der Waals surface area contributed by atoms with Gasteiger partial charge in [0, 0.05) is 26.1 Å². The Balaban J connectivity index is 1.96. The van der Waals surface area contributed by atoms with Crippen molar-refractivity contribution in [3.8, 4) is 5.75 Å². The van der Waals surface area contributed by atoms with Crippen LogP contribution in [0.2, 0.25) is 0 Å². The van der Waals surface area contributed by atoms with Gasteiger partial charge in [-0.05, 0) is 54.5 Å². The highest BCUT2D eigenvalue weighted by atomic mass is 16.5. The molecule has 0 aromatic heterocycles. The topological polar surface area (TPSA) is 76.1 Å². The van der Waals surface area contributed by atoms with E-state index in [1.165, 1.54) is 5.56 Å². The second-order valence-electron chi connectivity index (χ2n) is 9.55. The van der Waals surface area contributed by atoms with Crippen LogP contribution >= 0.6 is 0 Å². The van der Waals surface area contributed by atoms with Crippen LogP contribution in [0.3, 0.4) is 0 Å². The van der Waals surface area contributed by atoms with Crippen molar-refractivity contribution >= 4 is 11.9 Å². The average molecular weight is 470 g/mol.